The van der Waals surface area contributed by atoms with E-state index in [1.807, 2.05) is 0 Å². The van der Waals surface area contributed by atoms with Crippen LogP contribution < -0.4 is 5.32 Å². The molecule has 0 aliphatic heterocycles. The maximum atomic E-state index is 3.67. The van der Waals surface area contributed by atoms with Gasteiger partial charge in [0.05, 0.1) is 0 Å². The summed E-state index contributed by atoms with van der Waals surface area (Å²) in [7, 11) is 0. The maximum absolute atomic E-state index is 3.67. The van der Waals surface area contributed by atoms with Gasteiger partial charge >= 0.3 is 0 Å². The minimum atomic E-state index is 1.12. The van der Waals surface area contributed by atoms with Crippen LogP contribution in [0.15, 0.2) is 18.3 Å². The average Bonchev–Trinajstić information content (AvgIpc) is 3.20. The van der Waals surface area contributed by atoms with Crippen LogP contribution in [-0.2, 0) is 6.54 Å². The van der Waals surface area contributed by atoms with Crippen LogP contribution >= 0.6 is 0 Å². The minimum absolute atomic E-state index is 1.12. The second-order valence-corrected chi connectivity index (χ2v) is 9.38. The zero-order chi connectivity index (χ0) is 21.5. The van der Waals surface area contributed by atoms with Crippen molar-refractivity contribution in [2.24, 2.45) is 0 Å². The quantitative estimate of drug-likeness (QED) is 0.175. The molecule has 0 saturated carbocycles. The topological polar surface area (TPSA) is 17.0 Å². The van der Waals surface area contributed by atoms with Gasteiger partial charge in [0.2, 0.25) is 0 Å². The Kier molecular flexibility index (Phi) is 19.3. The van der Waals surface area contributed by atoms with Crippen molar-refractivity contribution >= 4 is 5.82 Å². The van der Waals surface area contributed by atoms with E-state index in [1.165, 1.54) is 141 Å². The van der Waals surface area contributed by atoms with Crippen LogP contribution in [0, 0.1) is 0 Å². The zero-order valence-corrected chi connectivity index (χ0v) is 20.7. The molecular formula is C28H54N2. The van der Waals surface area contributed by atoms with Gasteiger partial charge < -0.3 is 9.88 Å². The molecule has 1 aromatic heterocycles. The molecule has 0 bridgehead atoms. The molecule has 176 valence electrons. The zero-order valence-electron chi connectivity index (χ0n) is 20.7. The fourth-order valence-electron chi connectivity index (χ4n) is 4.37. The van der Waals surface area contributed by atoms with Crippen LogP contribution in [0.25, 0.3) is 0 Å². The molecule has 2 nitrogen and oxygen atoms in total. The number of aromatic nitrogens is 1. The van der Waals surface area contributed by atoms with E-state index in [2.05, 4.69) is 42.1 Å². The Labute approximate surface area is 189 Å². The molecule has 1 N–H and O–H groups in total. The fourth-order valence-corrected chi connectivity index (χ4v) is 4.37. The molecule has 0 amide bonds. The molecule has 0 aliphatic carbocycles. The summed E-state index contributed by atoms with van der Waals surface area (Å²) in [6, 6.07) is 4.43. The molecule has 0 unspecified atom stereocenters. The Bertz CT molecular complexity index is 451. The smallest absolute Gasteiger partial charge is 0.105 e. The first kappa shape index (κ1) is 27.1. The summed E-state index contributed by atoms with van der Waals surface area (Å²) < 4.78 is 2.42. The van der Waals surface area contributed by atoms with Crippen LogP contribution in [0.2, 0.25) is 0 Å². The van der Waals surface area contributed by atoms with E-state index in [0.717, 1.165) is 6.54 Å². The van der Waals surface area contributed by atoms with Crippen molar-refractivity contribution < 1.29 is 0 Å². The summed E-state index contributed by atoms with van der Waals surface area (Å²) in [5.41, 5.74) is 0. The number of aryl methyl sites for hydroxylation is 1. The largest absolute Gasteiger partial charge is 0.371 e. The number of nitrogens with zero attached hydrogens (tertiary/aromatic N) is 1. The highest BCUT2D eigenvalue weighted by Gasteiger charge is 2.00. The van der Waals surface area contributed by atoms with Crippen LogP contribution in [0.4, 0.5) is 5.82 Å². The molecule has 1 aromatic rings. The van der Waals surface area contributed by atoms with E-state index in [9.17, 15) is 0 Å². The standard InChI is InChI=1S/C28H54N2/c1-3-5-7-9-11-13-15-17-19-21-25-29-28-24-23-27-30(28)26-22-20-18-16-14-12-10-8-6-4-2/h23-24,27,29H,3-22,25-26H2,1-2H3. The van der Waals surface area contributed by atoms with E-state index >= 15 is 0 Å². The number of hydrogen-bond acceptors (Lipinski definition) is 1. The summed E-state index contributed by atoms with van der Waals surface area (Å²) in [6.45, 7) is 6.88. The Morgan fingerprint density at radius 1 is 0.567 bits per heavy atom. The third kappa shape index (κ3) is 15.9. The summed E-state index contributed by atoms with van der Waals surface area (Å²) in [5.74, 6) is 1.32. The molecular weight excluding hydrogens is 364 g/mol. The third-order valence-corrected chi connectivity index (χ3v) is 6.42. The molecule has 30 heavy (non-hydrogen) atoms. The maximum Gasteiger partial charge on any atom is 0.105 e. The first-order valence-corrected chi connectivity index (χ1v) is 13.8. The third-order valence-electron chi connectivity index (χ3n) is 6.42. The average molecular weight is 419 g/mol. The van der Waals surface area contributed by atoms with Crippen LogP contribution in [-0.4, -0.2) is 11.1 Å². The molecule has 0 saturated heterocycles. The number of nitrogens with one attached hydrogen (secondary N) is 1. The van der Waals surface area contributed by atoms with Gasteiger partial charge in [0.1, 0.15) is 5.82 Å². The molecule has 2 heteroatoms. The number of unbranched alkanes of at least 4 members (excludes halogenated alkanes) is 18. The van der Waals surface area contributed by atoms with Gasteiger partial charge in [-0.2, -0.15) is 0 Å². The van der Waals surface area contributed by atoms with Gasteiger partial charge in [-0.15, -0.1) is 0 Å². The molecule has 0 fully saturated rings. The highest BCUT2D eigenvalue weighted by Crippen LogP contribution is 2.15. The Morgan fingerprint density at radius 2 is 1.00 bits per heavy atom. The lowest BCUT2D eigenvalue weighted by Crippen LogP contribution is -2.07. The lowest BCUT2D eigenvalue weighted by atomic mass is 10.1. The minimum Gasteiger partial charge on any atom is -0.371 e. The lowest BCUT2D eigenvalue weighted by molar-refractivity contribution is 0.536. The summed E-state index contributed by atoms with van der Waals surface area (Å²) in [4.78, 5) is 0. The lowest BCUT2D eigenvalue weighted by Gasteiger charge is -2.11. The van der Waals surface area contributed by atoms with Crippen molar-refractivity contribution in [3.8, 4) is 0 Å². The van der Waals surface area contributed by atoms with E-state index in [4.69, 9.17) is 0 Å². The number of rotatable bonds is 23. The van der Waals surface area contributed by atoms with Crippen molar-refractivity contribution in [1.82, 2.24) is 4.57 Å². The highest BCUT2D eigenvalue weighted by molar-refractivity contribution is 5.36. The second-order valence-electron chi connectivity index (χ2n) is 9.38. The predicted molar refractivity (Wildman–Crippen MR) is 137 cm³/mol. The SMILES string of the molecule is CCCCCCCCCCCCNc1cccn1CCCCCCCCCCCC. The first-order valence-electron chi connectivity index (χ1n) is 13.8. The van der Waals surface area contributed by atoms with E-state index < -0.39 is 0 Å². The van der Waals surface area contributed by atoms with E-state index in [-0.39, 0.29) is 0 Å². The number of anilines is 1. The first-order chi connectivity index (χ1) is 14.9. The van der Waals surface area contributed by atoms with Crippen LogP contribution in [0.1, 0.15) is 142 Å². The van der Waals surface area contributed by atoms with Gasteiger partial charge in [-0.05, 0) is 25.0 Å². The highest BCUT2D eigenvalue weighted by atomic mass is 15.1. The van der Waals surface area contributed by atoms with E-state index in [1.54, 1.807) is 0 Å². The normalized spacial score (nSPS) is 11.3. The number of hydrogen-bond donors (Lipinski definition) is 1. The van der Waals surface area contributed by atoms with Crippen LogP contribution in [0.5, 0.6) is 0 Å². The molecule has 1 rings (SSSR count). The summed E-state index contributed by atoms with van der Waals surface area (Å²) in [5, 5.41) is 3.67. The molecule has 0 atom stereocenters. The van der Waals surface area contributed by atoms with Crippen molar-refractivity contribution in [2.45, 2.75) is 149 Å². The predicted octanol–water partition coefficient (Wildman–Crippen LogP) is 9.74. The van der Waals surface area contributed by atoms with Gasteiger partial charge in [0.25, 0.3) is 0 Å². The summed E-state index contributed by atoms with van der Waals surface area (Å²) >= 11 is 0. The molecule has 0 radical (unpaired) electrons. The van der Waals surface area contributed by atoms with Crippen LogP contribution in [0.3, 0.4) is 0 Å². The van der Waals surface area contributed by atoms with Crippen molar-refractivity contribution in [3.63, 3.8) is 0 Å². The second kappa shape index (κ2) is 21.3. The van der Waals surface area contributed by atoms with Gasteiger partial charge in [0.15, 0.2) is 0 Å². The van der Waals surface area contributed by atoms with Gasteiger partial charge in [0, 0.05) is 19.3 Å². The summed E-state index contributed by atoms with van der Waals surface area (Å²) in [6.07, 6.45) is 30.4. The Morgan fingerprint density at radius 3 is 1.50 bits per heavy atom. The fraction of sp³-hybridized carbons (Fsp3) is 0.857. The van der Waals surface area contributed by atoms with Gasteiger partial charge in [-0.1, -0.05) is 129 Å². The van der Waals surface area contributed by atoms with E-state index in [0.29, 0.717) is 0 Å². The van der Waals surface area contributed by atoms with Crippen molar-refractivity contribution in [2.75, 3.05) is 11.9 Å². The Hall–Kier alpha value is -0.920. The monoisotopic (exact) mass is 418 g/mol. The van der Waals surface area contributed by atoms with Crippen molar-refractivity contribution in [1.29, 1.82) is 0 Å². The molecule has 0 aromatic carbocycles. The molecule has 0 spiro atoms. The van der Waals surface area contributed by atoms with Gasteiger partial charge in [-0.25, -0.2) is 0 Å². The van der Waals surface area contributed by atoms with Crippen molar-refractivity contribution in [3.05, 3.63) is 18.3 Å². The van der Waals surface area contributed by atoms with Gasteiger partial charge in [-0.3, -0.25) is 0 Å². The molecule has 1 heterocycles. The molecule has 0 aliphatic rings. The Balaban J connectivity index is 1.92.